The van der Waals surface area contributed by atoms with E-state index in [9.17, 15) is 5.26 Å². The van der Waals surface area contributed by atoms with E-state index < -0.39 is 0 Å². The second-order valence-corrected chi connectivity index (χ2v) is 5.76. The van der Waals surface area contributed by atoms with E-state index in [2.05, 4.69) is 26.3 Å². The summed E-state index contributed by atoms with van der Waals surface area (Å²) >= 11 is 0. The molecule has 0 aliphatic rings. The van der Waals surface area contributed by atoms with Crippen LogP contribution in [0.4, 0.5) is 5.82 Å². The van der Waals surface area contributed by atoms with Gasteiger partial charge >= 0.3 is 0 Å². The lowest BCUT2D eigenvalue weighted by atomic mass is 10.0. The molecule has 0 aliphatic heterocycles. The zero-order valence-corrected chi connectivity index (χ0v) is 14.1. The largest absolute Gasteiger partial charge is 0.371 e. The van der Waals surface area contributed by atoms with Crippen molar-refractivity contribution < 1.29 is 0 Å². The van der Waals surface area contributed by atoms with E-state index in [1.807, 2.05) is 60.7 Å². The summed E-state index contributed by atoms with van der Waals surface area (Å²) in [5.74, 6) is 0.470. The molecule has 0 saturated carbocycles. The van der Waals surface area contributed by atoms with Crippen molar-refractivity contribution in [2.45, 2.75) is 0 Å². The maximum absolute atomic E-state index is 9.45. The molecule has 26 heavy (non-hydrogen) atoms. The fourth-order valence-electron chi connectivity index (χ4n) is 2.91. The van der Waals surface area contributed by atoms with Gasteiger partial charge in [-0.1, -0.05) is 42.5 Å². The Morgan fingerprint density at radius 3 is 2.46 bits per heavy atom. The molecule has 0 fully saturated rings. The Kier molecular flexibility index (Phi) is 4.00. The highest BCUT2D eigenvalue weighted by molar-refractivity contribution is 5.87. The van der Waals surface area contributed by atoms with Crippen LogP contribution >= 0.6 is 0 Å². The van der Waals surface area contributed by atoms with Crippen molar-refractivity contribution in [2.24, 2.45) is 0 Å². The summed E-state index contributed by atoms with van der Waals surface area (Å²) in [5, 5.41) is 13.4. The lowest BCUT2D eigenvalue weighted by molar-refractivity contribution is 1.16. The van der Waals surface area contributed by atoms with E-state index >= 15 is 0 Å². The van der Waals surface area contributed by atoms with Crippen molar-refractivity contribution in [3.8, 4) is 28.6 Å². The molecule has 0 atom stereocenters. The van der Waals surface area contributed by atoms with Gasteiger partial charge in [0.1, 0.15) is 6.07 Å². The van der Waals surface area contributed by atoms with Gasteiger partial charge in [-0.2, -0.15) is 5.26 Å². The van der Waals surface area contributed by atoms with Gasteiger partial charge in [0.15, 0.2) is 11.5 Å². The molecular formula is C21H15N5. The minimum Gasteiger partial charge on any atom is -0.371 e. The maximum Gasteiger partial charge on any atom is 0.183 e. The van der Waals surface area contributed by atoms with Crippen molar-refractivity contribution in [1.29, 1.82) is 5.26 Å². The summed E-state index contributed by atoms with van der Waals surface area (Å²) in [4.78, 5) is 13.6. The molecule has 5 nitrogen and oxygen atoms in total. The van der Waals surface area contributed by atoms with E-state index in [1.54, 1.807) is 13.2 Å². The highest BCUT2D eigenvalue weighted by atomic mass is 15.0. The Morgan fingerprint density at radius 2 is 1.69 bits per heavy atom. The molecule has 0 unspecified atom stereocenters. The quantitative estimate of drug-likeness (QED) is 0.604. The molecule has 0 saturated heterocycles. The average Bonchev–Trinajstić information content (AvgIpc) is 2.73. The smallest absolute Gasteiger partial charge is 0.183 e. The van der Waals surface area contributed by atoms with Gasteiger partial charge in [0.05, 0.1) is 16.9 Å². The van der Waals surface area contributed by atoms with Gasteiger partial charge in [0.25, 0.3) is 0 Å². The van der Waals surface area contributed by atoms with Crippen molar-refractivity contribution >= 4 is 16.7 Å². The molecule has 0 radical (unpaired) electrons. The number of nitrogens with zero attached hydrogens (tertiary/aromatic N) is 4. The molecule has 0 spiro atoms. The summed E-state index contributed by atoms with van der Waals surface area (Å²) < 4.78 is 0. The van der Waals surface area contributed by atoms with Crippen LogP contribution in [0.1, 0.15) is 5.69 Å². The molecule has 0 amide bonds. The molecule has 4 rings (SSSR count). The predicted octanol–water partition coefficient (Wildman–Crippen LogP) is 4.27. The van der Waals surface area contributed by atoms with Crippen LogP contribution in [0.3, 0.4) is 0 Å². The molecule has 2 heterocycles. The second kappa shape index (κ2) is 6.61. The molecule has 5 heteroatoms. The third kappa shape index (κ3) is 2.74. The minimum atomic E-state index is 0.272. The number of fused-ring (bicyclic) bond motifs is 1. The average molecular weight is 337 g/mol. The maximum atomic E-state index is 9.45. The Hall–Kier alpha value is -3.78. The number of nitriles is 1. The van der Waals surface area contributed by atoms with Crippen LogP contribution in [0.25, 0.3) is 33.4 Å². The van der Waals surface area contributed by atoms with Crippen LogP contribution < -0.4 is 5.32 Å². The first kappa shape index (κ1) is 15.7. The van der Waals surface area contributed by atoms with E-state index in [0.717, 1.165) is 27.7 Å². The van der Waals surface area contributed by atoms with E-state index in [1.165, 1.54) is 0 Å². The van der Waals surface area contributed by atoms with E-state index in [-0.39, 0.29) is 5.69 Å². The number of anilines is 1. The monoisotopic (exact) mass is 337 g/mol. The number of pyridine rings is 1. The predicted molar refractivity (Wildman–Crippen MR) is 102 cm³/mol. The molecule has 2 aromatic carbocycles. The van der Waals surface area contributed by atoms with Crippen LogP contribution in [0, 0.1) is 11.3 Å². The fraction of sp³-hybridized carbons (Fsp3) is 0.0476. The van der Waals surface area contributed by atoms with Crippen LogP contribution in [-0.2, 0) is 0 Å². The Labute approximate surface area is 151 Å². The summed E-state index contributed by atoms with van der Waals surface area (Å²) in [6.07, 6.45) is 1.77. The first-order valence-corrected chi connectivity index (χ1v) is 8.20. The normalized spacial score (nSPS) is 10.5. The number of aromatic nitrogens is 3. The van der Waals surface area contributed by atoms with Gasteiger partial charge < -0.3 is 5.32 Å². The standard InChI is InChI=1S/C21H15N5/c1-23-21-18(13-22)25-20(19(26-21)14-6-3-2-4-7-14)16-9-10-17-15(12-16)8-5-11-24-17/h2-12H,1H3,(H,23,26). The third-order valence-electron chi connectivity index (χ3n) is 4.16. The molecule has 0 bridgehead atoms. The fourth-order valence-corrected chi connectivity index (χ4v) is 2.91. The number of benzene rings is 2. The highest BCUT2D eigenvalue weighted by Gasteiger charge is 2.16. The zero-order chi connectivity index (χ0) is 17.9. The summed E-state index contributed by atoms with van der Waals surface area (Å²) in [7, 11) is 1.74. The van der Waals surface area contributed by atoms with Crippen LogP contribution in [0.5, 0.6) is 0 Å². The summed E-state index contributed by atoms with van der Waals surface area (Å²) in [6.45, 7) is 0. The Morgan fingerprint density at radius 1 is 0.885 bits per heavy atom. The molecular weight excluding hydrogens is 322 g/mol. The van der Waals surface area contributed by atoms with Crippen molar-refractivity contribution in [3.63, 3.8) is 0 Å². The first-order valence-electron chi connectivity index (χ1n) is 8.20. The van der Waals surface area contributed by atoms with E-state index in [4.69, 9.17) is 0 Å². The molecule has 2 aromatic heterocycles. The SMILES string of the molecule is CNc1nc(-c2ccccc2)c(-c2ccc3ncccc3c2)nc1C#N. The number of hydrogen-bond acceptors (Lipinski definition) is 5. The highest BCUT2D eigenvalue weighted by Crippen LogP contribution is 2.32. The third-order valence-corrected chi connectivity index (χ3v) is 4.16. The van der Waals surface area contributed by atoms with Crippen molar-refractivity contribution in [1.82, 2.24) is 15.0 Å². The van der Waals surface area contributed by atoms with Crippen LogP contribution in [-0.4, -0.2) is 22.0 Å². The van der Waals surface area contributed by atoms with Gasteiger partial charge in [-0.15, -0.1) is 0 Å². The lowest BCUT2D eigenvalue weighted by Crippen LogP contribution is -2.03. The Balaban J connectivity index is 2.00. The topological polar surface area (TPSA) is 74.5 Å². The zero-order valence-electron chi connectivity index (χ0n) is 14.1. The molecule has 1 N–H and O–H groups in total. The molecule has 4 aromatic rings. The summed E-state index contributed by atoms with van der Waals surface area (Å²) in [5.41, 5.74) is 4.44. The number of nitrogens with one attached hydrogen (secondary N) is 1. The minimum absolute atomic E-state index is 0.272. The number of hydrogen-bond donors (Lipinski definition) is 1. The lowest BCUT2D eigenvalue weighted by Gasteiger charge is -2.12. The van der Waals surface area contributed by atoms with Gasteiger partial charge in [-0.25, -0.2) is 9.97 Å². The van der Waals surface area contributed by atoms with Crippen LogP contribution in [0.2, 0.25) is 0 Å². The van der Waals surface area contributed by atoms with Crippen molar-refractivity contribution in [2.75, 3.05) is 12.4 Å². The van der Waals surface area contributed by atoms with Gasteiger partial charge in [0.2, 0.25) is 0 Å². The first-order chi connectivity index (χ1) is 12.8. The Bertz CT molecular complexity index is 1130. The van der Waals surface area contributed by atoms with Gasteiger partial charge in [-0.05, 0) is 18.2 Å². The van der Waals surface area contributed by atoms with Gasteiger partial charge in [-0.3, -0.25) is 4.98 Å². The number of rotatable bonds is 3. The van der Waals surface area contributed by atoms with E-state index in [0.29, 0.717) is 11.5 Å². The van der Waals surface area contributed by atoms with Gasteiger partial charge in [0, 0.05) is 29.8 Å². The van der Waals surface area contributed by atoms with Crippen molar-refractivity contribution in [3.05, 3.63) is 72.6 Å². The second-order valence-electron chi connectivity index (χ2n) is 5.76. The van der Waals surface area contributed by atoms with Crippen LogP contribution in [0.15, 0.2) is 66.9 Å². The molecule has 0 aliphatic carbocycles. The summed E-state index contributed by atoms with van der Waals surface area (Å²) in [6, 6.07) is 21.8. The molecule has 124 valence electrons.